The molecule has 0 fully saturated rings. The van der Waals surface area contributed by atoms with Gasteiger partial charge < -0.3 is 4.74 Å². The van der Waals surface area contributed by atoms with Crippen LogP contribution >= 0.6 is 0 Å². The second kappa shape index (κ2) is 6.04. The van der Waals surface area contributed by atoms with Crippen molar-refractivity contribution < 1.29 is 9.53 Å². The van der Waals surface area contributed by atoms with Crippen LogP contribution in [-0.4, -0.2) is 12.6 Å². The van der Waals surface area contributed by atoms with Gasteiger partial charge in [-0.15, -0.1) is 0 Å². The van der Waals surface area contributed by atoms with Crippen molar-refractivity contribution in [3.8, 4) is 0 Å². The fourth-order valence-electron chi connectivity index (χ4n) is 1.15. The topological polar surface area (TPSA) is 26.3 Å². The SMILES string of the molecule is CCOC(=O)[C@H](C)C[C@H](C)CC. The number of carbonyl (C=O) groups excluding carboxylic acids is 1. The highest BCUT2D eigenvalue weighted by Gasteiger charge is 2.15. The van der Waals surface area contributed by atoms with Crippen LogP contribution in [-0.2, 0) is 9.53 Å². The molecule has 0 saturated carbocycles. The summed E-state index contributed by atoms with van der Waals surface area (Å²) in [7, 11) is 0. The van der Waals surface area contributed by atoms with Crippen LogP contribution in [0.2, 0.25) is 0 Å². The van der Waals surface area contributed by atoms with E-state index in [2.05, 4.69) is 13.8 Å². The quantitative estimate of drug-likeness (QED) is 0.596. The molecule has 0 amide bonds. The molecule has 2 nitrogen and oxygen atoms in total. The standard InChI is InChI=1S/C10H20O2/c1-5-8(3)7-9(4)10(11)12-6-2/h8-9H,5-7H2,1-4H3/t8-,9-/m1/s1. The zero-order valence-corrected chi connectivity index (χ0v) is 8.59. The average molecular weight is 172 g/mol. The number of ether oxygens (including phenoxy) is 1. The van der Waals surface area contributed by atoms with E-state index in [0.717, 1.165) is 12.8 Å². The maximum absolute atomic E-state index is 11.2. The fourth-order valence-corrected chi connectivity index (χ4v) is 1.15. The van der Waals surface area contributed by atoms with Crippen LogP contribution in [0.4, 0.5) is 0 Å². The Morgan fingerprint density at radius 2 is 1.92 bits per heavy atom. The van der Waals surface area contributed by atoms with Gasteiger partial charge in [-0.1, -0.05) is 27.2 Å². The van der Waals surface area contributed by atoms with Crippen LogP contribution in [0.5, 0.6) is 0 Å². The number of esters is 1. The predicted octanol–water partition coefficient (Wildman–Crippen LogP) is 2.62. The molecule has 0 radical (unpaired) electrons. The fraction of sp³-hybridized carbons (Fsp3) is 0.900. The molecule has 0 heterocycles. The van der Waals surface area contributed by atoms with Gasteiger partial charge in [0.25, 0.3) is 0 Å². The predicted molar refractivity (Wildman–Crippen MR) is 49.9 cm³/mol. The molecule has 0 N–H and O–H groups in total. The first-order chi connectivity index (χ1) is 5.61. The number of hydrogen-bond acceptors (Lipinski definition) is 2. The Labute approximate surface area is 75.3 Å². The van der Waals surface area contributed by atoms with Crippen LogP contribution < -0.4 is 0 Å². The normalized spacial score (nSPS) is 15.3. The van der Waals surface area contributed by atoms with Crippen LogP contribution in [0, 0.1) is 11.8 Å². The first-order valence-electron chi connectivity index (χ1n) is 4.78. The van der Waals surface area contributed by atoms with E-state index in [1.54, 1.807) is 0 Å². The van der Waals surface area contributed by atoms with Crippen molar-refractivity contribution in [1.29, 1.82) is 0 Å². The molecular formula is C10H20O2. The van der Waals surface area contributed by atoms with E-state index >= 15 is 0 Å². The molecule has 0 aromatic carbocycles. The summed E-state index contributed by atoms with van der Waals surface area (Å²) < 4.78 is 4.91. The van der Waals surface area contributed by atoms with Crippen molar-refractivity contribution in [2.24, 2.45) is 11.8 Å². The summed E-state index contributed by atoms with van der Waals surface area (Å²) in [6.07, 6.45) is 2.07. The molecule has 0 aromatic heterocycles. The van der Waals surface area contributed by atoms with Crippen LogP contribution in [0.25, 0.3) is 0 Å². The van der Waals surface area contributed by atoms with Crippen LogP contribution in [0.1, 0.15) is 40.5 Å². The van der Waals surface area contributed by atoms with Gasteiger partial charge in [0.1, 0.15) is 0 Å². The van der Waals surface area contributed by atoms with Crippen molar-refractivity contribution in [3.63, 3.8) is 0 Å². The zero-order chi connectivity index (χ0) is 9.56. The van der Waals surface area contributed by atoms with Gasteiger partial charge in [-0.25, -0.2) is 0 Å². The molecule has 0 unspecified atom stereocenters. The summed E-state index contributed by atoms with van der Waals surface area (Å²) in [5, 5.41) is 0. The third kappa shape index (κ3) is 4.37. The Hall–Kier alpha value is -0.530. The van der Waals surface area contributed by atoms with Crippen molar-refractivity contribution in [3.05, 3.63) is 0 Å². The minimum atomic E-state index is -0.0576. The van der Waals surface area contributed by atoms with E-state index in [0.29, 0.717) is 12.5 Å². The highest BCUT2D eigenvalue weighted by molar-refractivity contribution is 5.71. The van der Waals surface area contributed by atoms with E-state index in [1.165, 1.54) is 0 Å². The first-order valence-corrected chi connectivity index (χ1v) is 4.78. The molecule has 2 atom stereocenters. The minimum absolute atomic E-state index is 0.0555. The Kier molecular flexibility index (Phi) is 5.77. The second-order valence-electron chi connectivity index (χ2n) is 3.40. The monoisotopic (exact) mass is 172 g/mol. The van der Waals surface area contributed by atoms with Gasteiger partial charge in [-0.05, 0) is 19.3 Å². The zero-order valence-electron chi connectivity index (χ0n) is 8.59. The van der Waals surface area contributed by atoms with E-state index in [9.17, 15) is 4.79 Å². The third-order valence-corrected chi connectivity index (χ3v) is 2.14. The molecule has 0 spiro atoms. The molecular weight excluding hydrogens is 152 g/mol. The molecule has 12 heavy (non-hydrogen) atoms. The molecule has 0 saturated heterocycles. The third-order valence-electron chi connectivity index (χ3n) is 2.14. The Morgan fingerprint density at radius 1 is 1.33 bits per heavy atom. The van der Waals surface area contributed by atoms with Gasteiger partial charge in [-0.3, -0.25) is 4.79 Å². The summed E-state index contributed by atoms with van der Waals surface area (Å²) >= 11 is 0. The van der Waals surface area contributed by atoms with Gasteiger partial charge in [0.2, 0.25) is 0 Å². The summed E-state index contributed by atoms with van der Waals surface area (Å²) in [5.74, 6) is 0.613. The van der Waals surface area contributed by atoms with Gasteiger partial charge in [-0.2, -0.15) is 0 Å². The number of hydrogen-bond donors (Lipinski definition) is 0. The highest BCUT2D eigenvalue weighted by atomic mass is 16.5. The van der Waals surface area contributed by atoms with Gasteiger partial charge in [0, 0.05) is 0 Å². The van der Waals surface area contributed by atoms with Gasteiger partial charge in [0.15, 0.2) is 0 Å². The number of rotatable bonds is 5. The van der Waals surface area contributed by atoms with Crippen molar-refractivity contribution in [2.75, 3.05) is 6.61 Å². The summed E-state index contributed by atoms with van der Waals surface area (Å²) in [6, 6.07) is 0. The van der Waals surface area contributed by atoms with Crippen molar-refractivity contribution >= 4 is 5.97 Å². The van der Waals surface area contributed by atoms with Crippen LogP contribution in [0.15, 0.2) is 0 Å². The molecule has 0 bridgehead atoms. The van der Waals surface area contributed by atoms with E-state index in [1.807, 2.05) is 13.8 Å². The van der Waals surface area contributed by atoms with Crippen LogP contribution in [0.3, 0.4) is 0 Å². The lowest BCUT2D eigenvalue weighted by Gasteiger charge is -2.14. The molecule has 0 aliphatic rings. The molecule has 0 aliphatic carbocycles. The lowest BCUT2D eigenvalue weighted by atomic mass is 9.95. The Bertz CT molecular complexity index is 132. The lowest BCUT2D eigenvalue weighted by molar-refractivity contribution is -0.147. The van der Waals surface area contributed by atoms with Gasteiger partial charge >= 0.3 is 5.97 Å². The Morgan fingerprint density at radius 3 is 2.33 bits per heavy atom. The molecule has 72 valence electrons. The first kappa shape index (κ1) is 11.5. The summed E-state index contributed by atoms with van der Waals surface area (Å²) in [5.41, 5.74) is 0. The summed E-state index contributed by atoms with van der Waals surface area (Å²) in [6.45, 7) is 8.57. The molecule has 0 rings (SSSR count). The van der Waals surface area contributed by atoms with Gasteiger partial charge in [0.05, 0.1) is 12.5 Å². The Balaban J connectivity index is 3.70. The molecule has 0 aliphatic heterocycles. The maximum atomic E-state index is 11.2. The summed E-state index contributed by atoms with van der Waals surface area (Å²) in [4.78, 5) is 11.2. The highest BCUT2D eigenvalue weighted by Crippen LogP contribution is 2.15. The maximum Gasteiger partial charge on any atom is 0.308 e. The largest absolute Gasteiger partial charge is 0.466 e. The van der Waals surface area contributed by atoms with E-state index in [-0.39, 0.29) is 11.9 Å². The van der Waals surface area contributed by atoms with E-state index in [4.69, 9.17) is 4.74 Å². The molecule has 2 heteroatoms. The number of carbonyl (C=O) groups is 1. The molecule has 0 aromatic rings. The van der Waals surface area contributed by atoms with Crippen molar-refractivity contribution in [1.82, 2.24) is 0 Å². The van der Waals surface area contributed by atoms with Crippen molar-refractivity contribution in [2.45, 2.75) is 40.5 Å². The lowest BCUT2D eigenvalue weighted by Crippen LogP contribution is -2.16. The minimum Gasteiger partial charge on any atom is -0.466 e. The average Bonchev–Trinajstić information content (AvgIpc) is 2.04. The smallest absolute Gasteiger partial charge is 0.308 e. The van der Waals surface area contributed by atoms with E-state index < -0.39 is 0 Å². The second-order valence-corrected chi connectivity index (χ2v) is 3.40.